The highest BCUT2D eigenvalue weighted by molar-refractivity contribution is 7.99. The molecule has 2 aromatic rings. The van der Waals surface area contributed by atoms with Crippen LogP contribution in [0.4, 0.5) is 5.69 Å². The smallest absolute Gasteiger partial charge is 0.229 e. The molecule has 7 heteroatoms. The SMILES string of the molecule is CS(=O)(=O)Nc1cc2c(cc1Sc1cccnc1)C(=O)CC2. The number of ketones is 1. The molecule has 0 saturated carbocycles. The van der Waals surface area contributed by atoms with E-state index in [1.165, 1.54) is 11.8 Å². The van der Waals surface area contributed by atoms with Crippen molar-refractivity contribution in [2.75, 3.05) is 11.0 Å². The molecule has 0 fully saturated rings. The zero-order valence-corrected chi connectivity index (χ0v) is 13.5. The normalized spacial score (nSPS) is 14.0. The van der Waals surface area contributed by atoms with Crippen LogP contribution in [0.15, 0.2) is 46.5 Å². The highest BCUT2D eigenvalue weighted by atomic mass is 32.2. The molecule has 0 atom stereocenters. The average molecular weight is 334 g/mol. The van der Waals surface area contributed by atoms with Gasteiger partial charge in [-0.15, -0.1) is 0 Å². The van der Waals surface area contributed by atoms with Crippen molar-refractivity contribution in [3.05, 3.63) is 47.8 Å². The molecule has 0 bridgehead atoms. The van der Waals surface area contributed by atoms with Gasteiger partial charge in [0.05, 0.1) is 11.9 Å². The topological polar surface area (TPSA) is 76.1 Å². The van der Waals surface area contributed by atoms with Crippen LogP contribution in [0.5, 0.6) is 0 Å². The van der Waals surface area contributed by atoms with Crippen molar-refractivity contribution in [2.24, 2.45) is 0 Å². The summed E-state index contributed by atoms with van der Waals surface area (Å²) in [7, 11) is -3.39. The van der Waals surface area contributed by atoms with Crippen molar-refractivity contribution >= 4 is 33.3 Å². The van der Waals surface area contributed by atoms with E-state index >= 15 is 0 Å². The fraction of sp³-hybridized carbons (Fsp3) is 0.200. The van der Waals surface area contributed by atoms with Crippen LogP contribution in [0, 0.1) is 0 Å². The second-order valence-electron chi connectivity index (χ2n) is 5.09. The van der Waals surface area contributed by atoms with Crippen LogP contribution in [-0.2, 0) is 16.4 Å². The summed E-state index contributed by atoms with van der Waals surface area (Å²) in [6.07, 6.45) is 5.62. The maximum atomic E-state index is 11.9. The zero-order valence-electron chi connectivity index (χ0n) is 11.9. The van der Waals surface area contributed by atoms with E-state index in [0.717, 1.165) is 16.7 Å². The van der Waals surface area contributed by atoms with Gasteiger partial charge in [-0.05, 0) is 36.2 Å². The molecule has 5 nitrogen and oxygen atoms in total. The van der Waals surface area contributed by atoms with Crippen LogP contribution in [0.25, 0.3) is 0 Å². The first-order valence-corrected chi connectivity index (χ1v) is 9.39. The number of nitrogens with one attached hydrogen (secondary N) is 1. The second kappa shape index (κ2) is 5.73. The Bertz CT molecular complexity index is 833. The lowest BCUT2D eigenvalue weighted by molar-refractivity contribution is 0.0994. The average Bonchev–Trinajstić information content (AvgIpc) is 2.80. The fourth-order valence-corrected chi connectivity index (χ4v) is 3.92. The third-order valence-electron chi connectivity index (χ3n) is 3.28. The molecule has 1 N–H and O–H groups in total. The Morgan fingerprint density at radius 3 is 2.77 bits per heavy atom. The van der Waals surface area contributed by atoms with E-state index in [9.17, 15) is 13.2 Å². The predicted molar refractivity (Wildman–Crippen MR) is 85.9 cm³/mol. The number of fused-ring (bicyclic) bond motifs is 1. The highest BCUT2D eigenvalue weighted by Gasteiger charge is 2.23. The van der Waals surface area contributed by atoms with E-state index in [4.69, 9.17) is 0 Å². The predicted octanol–water partition coefficient (Wildman–Crippen LogP) is 2.73. The van der Waals surface area contributed by atoms with Crippen molar-refractivity contribution in [2.45, 2.75) is 22.6 Å². The van der Waals surface area contributed by atoms with Gasteiger partial charge in [-0.3, -0.25) is 14.5 Å². The second-order valence-corrected chi connectivity index (χ2v) is 7.96. The van der Waals surface area contributed by atoms with Crippen molar-refractivity contribution in [1.82, 2.24) is 4.98 Å². The van der Waals surface area contributed by atoms with Crippen LogP contribution >= 0.6 is 11.8 Å². The van der Waals surface area contributed by atoms with Crippen molar-refractivity contribution in [3.8, 4) is 0 Å². The number of rotatable bonds is 4. The monoisotopic (exact) mass is 334 g/mol. The van der Waals surface area contributed by atoms with Gasteiger partial charge in [0, 0.05) is 34.2 Å². The number of anilines is 1. The Hall–Kier alpha value is -1.86. The number of carbonyl (C=O) groups excluding carboxylic acids is 1. The molecule has 1 aromatic heterocycles. The van der Waals surface area contributed by atoms with Crippen LogP contribution < -0.4 is 4.72 Å². The molecule has 0 radical (unpaired) electrons. The van der Waals surface area contributed by atoms with Gasteiger partial charge < -0.3 is 0 Å². The number of sulfonamides is 1. The number of benzene rings is 1. The molecular weight excluding hydrogens is 320 g/mol. The number of carbonyl (C=O) groups is 1. The number of Topliss-reactive ketones (excluding diaryl/α,β-unsaturated/α-hetero) is 1. The van der Waals surface area contributed by atoms with E-state index in [2.05, 4.69) is 9.71 Å². The number of pyridine rings is 1. The first-order valence-electron chi connectivity index (χ1n) is 6.68. The standard InChI is InChI=1S/C15H14N2O3S2/c1-22(19,20)17-13-7-10-4-5-14(18)12(10)8-15(13)21-11-3-2-6-16-9-11/h2-3,6-9,17H,4-5H2,1H3. The molecule has 114 valence electrons. The molecule has 22 heavy (non-hydrogen) atoms. The number of aryl methyl sites for hydroxylation is 1. The fourth-order valence-electron chi connectivity index (χ4n) is 2.37. The van der Waals surface area contributed by atoms with E-state index in [1.54, 1.807) is 24.5 Å². The molecule has 0 amide bonds. The lowest BCUT2D eigenvalue weighted by atomic mass is 10.1. The quantitative estimate of drug-likeness (QED) is 0.930. The van der Waals surface area contributed by atoms with E-state index < -0.39 is 10.0 Å². The summed E-state index contributed by atoms with van der Waals surface area (Å²) in [5.74, 6) is 0.106. The minimum atomic E-state index is -3.39. The molecule has 1 aliphatic carbocycles. The summed E-state index contributed by atoms with van der Waals surface area (Å²) < 4.78 is 25.7. The first-order chi connectivity index (χ1) is 10.4. The van der Waals surface area contributed by atoms with E-state index in [-0.39, 0.29) is 5.78 Å². The Morgan fingerprint density at radius 1 is 1.27 bits per heavy atom. The summed E-state index contributed by atoms with van der Waals surface area (Å²) in [6, 6.07) is 7.23. The van der Waals surface area contributed by atoms with Gasteiger partial charge >= 0.3 is 0 Å². The van der Waals surface area contributed by atoms with Gasteiger partial charge in [0.15, 0.2) is 5.78 Å². The maximum absolute atomic E-state index is 11.9. The Morgan fingerprint density at radius 2 is 2.09 bits per heavy atom. The Kier molecular flexibility index (Phi) is 3.92. The molecule has 0 unspecified atom stereocenters. The largest absolute Gasteiger partial charge is 0.294 e. The number of hydrogen-bond acceptors (Lipinski definition) is 5. The lowest BCUT2D eigenvalue weighted by Crippen LogP contribution is -2.11. The highest BCUT2D eigenvalue weighted by Crippen LogP contribution is 2.38. The van der Waals surface area contributed by atoms with Crippen LogP contribution in [0.2, 0.25) is 0 Å². The van der Waals surface area contributed by atoms with Gasteiger partial charge in [0.25, 0.3) is 0 Å². The van der Waals surface area contributed by atoms with Gasteiger partial charge in [0.2, 0.25) is 10.0 Å². The van der Waals surface area contributed by atoms with Gasteiger partial charge in [0.1, 0.15) is 0 Å². The summed E-state index contributed by atoms with van der Waals surface area (Å²) in [5, 5.41) is 0. The summed E-state index contributed by atoms with van der Waals surface area (Å²) >= 11 is 1.38. The van der Waals surface area contributed by atoms with Gasteiger partial charge in [-0.25, -0.2) is 8.42 Å². The van der Waals surface area contributed by atoms with E-state index in [1.807, 2.05) is 12.1 Å². The number of aromatic nitrogens is 1. The van der Waals surface area contributed by atoms with Crippen LogP contribution in [0.1, 0.15) is 22.3 Å². The van der Waals surface area contributed by atoms with Gasteiger partial charge in [-0.1, -0.05) is 11.8 Å². The summed E-state index contributed by atoms with van der Waals surface area (Å²) in [5.41, 5.74) is 2.09. The molecule has 1 aliphatic rings. The third kappa shape index (κ3) is 3.31. The molecule has 3 rings (SSSR count). The summed E-state index contributed by atoms with van der Waals surface area (Å²) in [4.78, 5) is 17.5. The number of nitrogens with zero attached hydrogens (tertiary/aromatic N) is 1. The first kappa shape index (κ1) is 15.1. The van der Waals surface area contributed by atoms with Crippen molar-refractivity contribution < 1.29 is 13.2 Å². The molecule has 1 heterocycles. The molecular formula is C15H14N2O3S2. The Balaban J connectivity index is 2.05. The minimum absolute atomic E-state index is 0.106. The van der Waals surface area contributed by atoms with E-state index in [0.29, 0.717) is 29.0 Å². The van der Waals surface area contributed by atoms with Crippen LogP contribution in [0.3, 0.4) is 0 Å². The van der Waals surface area contributed by atoms with Crippen LogP contribution in [-0.4, -0.2) is 25.4 Å². The van der Waals surface area contributed by atoms with Crippen molar-refractivity contribution in [3.63, 3.8) is 0 Å². The summed E-state index contributed by atoms with van der Waals surface area (Å²) in [6.45, 7) is 0. The van der Waals surface area contributed by atoms with Crippen molar-refractivity contribution in [1.29, 1.82) is 0 Å². The lowest BCUT2D eigenvalue weighted by Gasteiger charge is -2.12. The molecule has 0 aliphatic heterocycles. The minimum Gasteiger partial charge on any atom is -0.294 e. The molecule has 0 spiro atoms. The molecule has 0 saturated heterocycles. The zero-order chi connectivity index (χ0) is 15.7. The number of hydrogen-bond donors (Lipinski definition) is 1. The third-order valence-corrected chi connectivity index (χ3v) is 4.91. The van der Waals surface area contributed by atoms with Gasteiger partial charge in [-0.2, -0.15) is 0 Å². The maximum Gasteiger partial charge on any atom is 0.229 e. The Labute approximate surface area is 133 Å². The molecule has 1 aromatic carbocycles.